The molecule has 1 heterocycles. The molecular formula is C17H16BrNOS. The maximum atomic E-state index is 5.62. The van der Waals surface area contributed by atoms with Gasteiger partial charge in [-0.3, -0.25) is 0 Å². The Morgan fingerprint density at radius 1 is 1.10 bits per heavy atom. The van der Waals surface area contributed by atoms with Gasteiger partial charge in [0.05, 0.1) is 5.69 Å². The molecular weight excluding hydrogens is 346 g/mol. The minimum Gasteiger partial charge on any atom is -0.370 e. The smallest absolute Gasteiger partial charge is 0.115 e. The third-order valence-corrected chi connectivity index (χ3v) is 5.50. The van der Waals surface area contributed by atoms with Gasteiger partial charge in [-0.25, -0.2) is 4.99 Å². The monoisotopic (exact) mass is 361 g/mol. The zero-order valence-corrected chi connectivity index (χ0v) is 14.3. The first-order chi connectivity index (χ1) is 10.2. The first-order valence-electron chi connectivity index (χ1n) is 6.82. The van der Waals surface area contributed by atoms with Crippen LogP contribution in [0.1, 0.15) is 24.0 Å². The molecule has 0 saturated heterocycles. The molecule has 0 fully saturated rings. The normalized spacial score (nSPS) is 23.1. The average molecular weight is 362 g/mol. The molecule has 1 aliphatic rings. The van der Waals surface area contributed by atoms with E-state index in [1.165, 1.54) is 11.1 Å². The lowest BCUT2D eigenvalue weighted by Gasteiger charge is -2.30. The highest BCUT2D eigenvalue weighted by molar-refractivity contribution is 9.10. The zero-order valence-electron chi connectivity index (χ0n) is 11.9. The van der Waals surface area contributed by atoms with Gasteiger partial charge < -0.3 is 4.74 Å². The predicted octanol–water partition coefficient (Wildman–Crippen LogP) is 5.35. The summed E-state index contributed by atoms with van der Waals surface area (Å²) in [5.41, 5.74) is 3.58. The molecule has 0 unspecified atom stereocenters. The Balaban J connectivity index is 2.05. The largest absolute Gasteiger partial charge is 0.370 e. The van der Waals surface area contributed by atoms with Crippen LogP contribution in [-0.4, -0.2) is 17.6 Å². The first kappa shape index (κ1) is 14.8. The fourth-order valence-electron chi connectivity index (χ4n) is 2.48. The van der Waals surface area contributed by atoms with Crippen molar-refractivity contribution >= 4 is 38.4 Å². The van der Waals surface area contributed by atoms with Crippen LogP contribution in [0.3, 0.4) is 0 Å². The maximum absolute atomic E-state index is 5.62. The van der Waals surface area contributed by atoms with Crippen LogP contribution in [0.5, 0.6) is 0 Å². The van der Waals surface area contributed by atoms with E-state index >= 15 is 0 Å². The van der Waals surface area contributed by atoms with Crippen LogP contribution < -0.4 is 0 Å². The molecule has 0 bridgehead atoms. The highest BCUT2D eigenvalue weighted by atomic mass is 79.9. The quantitative estimate of drug-likeness (QED) is 0.718. The van der Waals surface area contributed by atoms with E-state index in [1.54, 1.807) is 18.9 Å². The lowest BCUT2D eigenvalue weighted by atomic mass is 9.96. The SMILES string of the molecule is CO[C@H]1SC(=Nc2ccc(Br)cc2)c2ccccc2[C@H]1C. The molecule has 2 atom stereocenters. The van der Waals surface area contributed by atoms with Gasteiger partial charge in [0.1, 0.15) is 10.5 Å². The fourth-order valence-corrected chi connectivity index (χ4v) is 3.89. The summed E-state index contributed by atoms with van der Waals surface area (Å²) in [5.74, 6) is 0.361. The summed E-state index contributed by atoms with van der Waals surface area (Å²) in [6, 6.07) is 16.5. The van der Waals surface area contributed by atoms with E-state index in [0.29, 0.717) is 5.92 Å². The summed E-state index contributed by atoms with van der Waals surface area (Å²) in [6.07, 6.45) is 0. The second kappa shape index (κ2) is 6.34. The van der Waals surface area contributed by atoms with Crippen molar-refractivity contribution in [3.8, 4) is 0 Å². The van der Waals surface area contributed by atoms with Gasteiger partial charge in [-0.2, -0.15) is 0 Å². The predicted molar refractivity (Wildman–Crippen MR) is 93.6 cm³/mol. The lowest BCUT2D eigenvalue weighted by molar-refractivity contribution is 0.155. The fraction of sp³-hybridized carbons (Fsp3) is 0.235. The van der Waals surface area contributed by atoms with E-state index in [2.05, 4.69) is 47.1 Å². The molecule has 108 valence electrons. The van der Waals surface area contributed by atoms with Gasteiger partial charge in [-0.1, -0.05) is 58.9 Å². The van der Waals surface area contributed by atoms with Gasteiger partial charge in [0.2, 0.25) is 0 Å². The molecule has 1 aliphatic heterocycles. The number of aliphatic imine (C=N–C) groups is 1. The number of benzene rings is 2. The van der Waals surface area contributed by atoms with E-state index in [9.17, 15) is 0 Å². The van der Waals surface area contributed by atoms with E-state index in [-0.39, 0.29) is 5.44 Å². The summed E-state index contributed by atoms with van der Waals surface area (Å²) in [4.78, 5) is 4.81. The average Bonchev–Trinajstić information content (AvgIpc) is 2.52. The lowest BCUT2D eigenvalue weighted by Crippen LogP contribution is -2.24. The van der Waals surface area contributed by atoms with Crippen molar-refractivity contribution in [2.75, 3.05) is 7.11 Å². The molecule has 0 aromatic heterocycles. The van der Waals surface area contributed by atoms with E-state index < -0.39 is 0 Å². The molecule has 0 saturated carbocycles. The molecule has 0 aliphatic carbocycles. The summed E-state index contributed by atoms with van der Waals surface area (Å²) in [7, 11) is 1.76. The molecule has 3 rings (SSSR count). The van der Waals surface area contributed by atoms with E-state index in [0.717, 1.165) is 15.2 Å². The van der Waals surface area contributed by atoms with Crippen molar-refractivity contribution in [2.45, 2.75) is 18.3 Å². The molecule has 0 amide bonds. The number of ether oxygens (including phenoxy) is 1. The Bertz CT molecular complexity index is 669. The van der Waals surface area contributed by atoms with Gasteiger partial charge in [0.15, 0.2) is 0 Å². The number of rotatable bonds is 2. The standard InChI is InChI=1S/C17H16BrNOS/c1-11-14-5-3-4-6-15(14)16(21-17(11)20-2)19-13-9-7-12(18)8-10-13/h3-11,17H,1-2H3/t11-,17+/m1/s1. The maximum Gasteiger partial charge on any atom is 0.115 e. The first-order valence-corrected chi connectivity index (χ1v) is 8.49. The highest BCUT2D eigenvalue weighted by Crippen LogP contribution is 2.40. The third-order valence-electron chi connectivity index (χ3n) is 3.61. The Labute approximate surface area is 137 Å². The topological polar surface area (TPSA) is 21.6 Å². The van der Waals surface area contributed by atoms with Crippen LogP contribution in [-0.2, 0) is 4.74 Å². The van der Waals surface area contributed by atoms with Crippen molar-refractivity contribution in [1.82, 2.24) is 0 Å². The van der Waals surface area contributed by atoms with Crippen LogP contribution in [0.2, 0.25) is 0 Å². The van der Waals surface area contributed by atoms with Gasteiger partial charge >= 0.3 is 0 Å². The summed E-state index contributed by atoms with van der Waals surface area (Å²) >= 11 is 5.15. The van der Waals surface area contributed by atoms with E-state index in [4.69, 9.17) is 9.73 Å². The number of thioether (sulfide) groups is 1. The zero-order chi connectivity index (χ0) is 14.8. The second-order valence-corrected chi connectivity index (χ2v) is 6.99. The molecule has 2 aromatic rings. The summed E-state index contributed by atoms with van der Waals surface area (Å²) < 4.78 is 6.68. The van der Waals surface area contributed by atoms with Gasteiger partial charge in [0.25, 0.3) is 0 Å². The highest BCUT2D eigenvalue weighted by Gasteiger charge is 2.30. The van der Waals surface area contributed by atoms with Gasteiger partial charge in [-0.05, 0) is 29.8 Å². The van der Waals surface area contributed by atoms with Crippen molar-refractivity contribution in [1.29, 1.82) is 0 Å². The molecule has 0 radical (unpaired) electrons. The minimum atomic E-state index is 0.106. The summed E-state index contributed by atoms with van der Waals surface area (Å²) in [6.45, 7) is 2.20. The molecule has 21 heavy (non-hydrogen) atoms. The van der Waals surface area contributed by atoms with Gasteiger partial charge in [-0.15, -0.1) is 0 Å². The second-order valence-electron chi connectivity index (χ2n) is 4.99. The molecule has 0 N–H and O–H groups in total. The van der Waals surface area contributed by atoms with Crippen molar-refractivity contribution in [2.24, 2.45) is 4.99 Å². The number of hydrogen-bond donors (Lipinski definition) is 0. The van der Waals surface area contributed by atoms with Crippen molar-refractivity contribution < 1.29 is 4.74 Å². The molecule has 4 heteroatoms. The molecule has 2 nitrogen and oxygen atoms in total. The van der Waals surface area contributed by atoms with Crippen molar-refractivity contribution in [3.63, 3.8) is 0 Å². The summed E-state index contributed by atoms with van der Waals surface area (Å²) in [5, 5.41) is 1.03. The Hall–Kier alpha value is -1.10. The third kappa shape index (κ3) is 3.07. The van der Waals surface area contributed by atoms with Crippen LogP contribution >= 0.6 is 27.7 Å². The number of methoxy groups -OCH3 is 1. The molecule has 0 spiro atoms. The Morgan fingerprint density at radius 3 is 2.52 bits per heavy atom. The Kier molecular flexibility index (Phi) is 4.48. The van der Waals surface area contributed by atoms with Crippen LogP contribution in [0.4, 0.5) is 5.69 Å². The van der Waals surface area contributed by atoms with Gasteiger partial charge in [0, 0.05) is 23.1 Å². The number of fused-ring (bicyclic) bond motifs is 1. The molecule has 2 aromatic carbocycles. The number of hydrogen-bond acceptors (Lipinski definition) is 3. The number of nitrogens with zero attached hydrogens (tertiary/aromatic N) is 1. The minimum absolute atomic E-state index is 0.106. The van der Waals surface area contributed by atoms with Crippen LogP contribution in [0.25, 0.3) is 0 Å². The number of halogens is 1. The van der Waals surface area contributed by atoms with Crippen LogP contribution in [0.15, 0.2) is 58.0 Å². The van der Waals surface area contributed by atoms with E-state index in [1.807, 2.05) is 24.3 Å². The van der Waals surface area contributed by atoms with Crippen molar-refractivity contribution in [3.05, 3.63) is 64.1 Å². The Morgan fingerprint density at radius 2 is 1.81 bits per heavy atom. The van der Waals surface area contributed by atoms with Crippen LogP contribution in [0, 0.1) is 0 Å².